The molecular weight excluding hydrogens is 162 g/mol. The quantitative estimate of drug-likeness (QED) is 0.772. The Labute approximate surface area is 80.3 Å². The zero-order valence-corrected chi connectivity index (χ0v) is 8.92. The monoisotopic (exact) mass is 181 g/mol. The van der Waals surface area contributed by atoms with E-state index in [1.807, 2.05) is 20.0 Å². The van der Waals surface area contributed by atoms with Gasteiger partial charge in [0.05, 0.1) is 6.04 Å². The van der Waals surface area contributed by atoms with Crippen LogP contribution in [0, 0.1) is 12.8 Å². The third-order valence-corrected chi connectivity index (χ3v) is 2.16. The summed E-state index contributed by atoms with van der Waals surface area (Å²) in [5.41, 5.74) is 0. The van der Waals surface area contributed by atoms with Gasteiger partial charge >= 0.3 is 0 Å². The molecule has 1 N–H and O–H groups in total. The van der Waals surface area contributed by atoms with E-state index < -0.39 is 0 Å². The van der Waals surface area contributed by atoms with Crippen LogP contribution in [0.25, 0.3) is 0 Å². The molecule has 0 saturated heterocycles. The van der Waals surface area contributed by atoms with Crippen molar-refractivity contribution < 1.29 is 4.42 Å². The minimum atomic E-state index is 0.355. The van der Waals surface area contributed by atoms with E-state index in [0.717, 1.165) is 17.9 Å². The first-order valence-corrected chi connectivity index (χ1v) is 4.87. The maximum atomic E-state index is 5.57. The number of rotatable bonds is 4. The van der Waals surface area contributed by atoms with Gasteiger partial charge in [0.15, 0.2) is 0 Å². The Morgan fingerprint density at radius 2 is 2.08 bits per heavy atom. The Bertz CT molecular complexity index is 252. The van der Waals surface area contributed by atoms with E-state index >= 15 is 0 Å². The minimum Gasteiger partial charge on any atom is -0.465 e. The lowest BCUT2D eigenvalue weighted by Gasteiger charge is -2.15. The smallest absolute Gasteiger partial charge is 0.121 e. The summed E-state index contributed by atoms with van der Waals surface area (Å²) >= 11 is 0. The number of hydrogen-bond acceptors (Lipinski definition) is 2. The molecule has 0 saturated carbocycles. The van der Waals surface area contributed by atoms with E-state index in [2.05, 4.69) is 25.2 Å². The average Bonchev–Trinajstić information content (AvgIpc) is 2.47. The number of furan rings is 1. The first-order valence-electron chi connectivity index (χ1n) is 4.87. The topological polar surface area (TPSA) is 25.2 Å². The summed E-state index contributed by atoms with van der Waals surface area (Å²) < 4.78 is 5.57. The predicted octanol–water partition coefficient (Wildman–Crippen LogP) is 2.89. The predicted molar refractivity (Wildman–Crippen MR) is 54.7 cm³/mol. The van der Waals surface area contributed by atoms with E-state index in [4.69, 9.17) is 4.42 Å². The van der Waals surface area contributed by atoms with Crippen molar-refractivity contribution in [1.82, 2.24) is 5.32 Å². The van der Waals surface area contributed by atoms with Crippen LogP contribution >= 0.6 is 0 Å². The van der Waals surface area contributed by atoms with Gasteiger partial charge in [-0.3, -0.25) is 0 Å². The summed E-state index contributed by atoms with van der Waals surface area (Å²) in [5, 5.41) is 3.27. The molecule has 2 heteroatoms. The standard InChI is InChI=1S/C11H19NO/c1-8(2)7-10(12-4)11-6-5-9(3)13-11/h5-6,8,10,12H,7H2,1-4H3. The van der Waals surface area contributed by atoms with Crippen molar-refractivity contribution in [2.24, 2.45) is 5.92 Å². The van der Waals surface area contributed by atoms with Crippen LogP contribution in [0.3, 0.4) is 0 Å². The van der Waals surface area contributed by atoms with Crippen molar-refractivity contribution in [3.8, 4) is 0 Å². The molecule has 0 amide bonds. The maximum Gasteiger partial charge on any atom is 0.121 e. The lowest BCUT2D eigenvalue weighted by molar-refractivity contribution is 0.370. The molecule has 0 bridgehead atoms. The molecular formula is C11H19NO. The molecule has 0 radical (unpaired) electrons. The van der Waals surface area contributed by atoms with Crippen molar-refractivity contribution in [3.05, 3.63) is 23.7 Å². The maximum absolute atomic E-state index is 5.57. The normalized spacial score (nSPS) is 13.6. The molecule has 2 nitrogen and oxygen atoms in total. The summed E-state index contributed by atoms with van der Waals surface area (Å²) in [5.74, 6) is 2.72. The van der Waals surface area contributed by atoms with Crippen LogP contribution in [0.1, 0.15) is 37.8 Å². The van der Waals surface area contributed by atoms with E-state index in [1.54, 1.807) is 0 Å². The van der Waals surface area contributed by atoms with Crippen molar-refractivity contribution in [2.45, 2.75) is 33.2 Å². The van der Waals surface area contributed by atoms with Crippen LogP contribution in [0.15, 0.2) is 16.5 Å². The number of nitrogens with one attached hydrogen (secondary N) is 1. The molecule has 13 heavy (non-hydrogen) atoms. The van der Waals surface area contributed by atoms with Gasteiger partial charge in [0.2, 0.25) is 0 Å². The van der Waals surface area contributed by atoms with Crippen LogP contribution in [0.5, 0.6) is 0 Å². The van der Waals surface area contributed by atoms with Crippen molar-refractivity contribution >= 4 is 0 Å². The average molecular weight is 181 g/mol. The Balaban J connectivity index is 2.66. The summed E-state index contributed by atoms with van der Waals surface area (Å²) in [7, 11) is 1.98. The van der Waals surface area contributed by atoms with Crippen LogP contribution in [-0.4, -0.2) is 7.05 Å². The molecule has 0 spiro atoms. The van der Waals surface area contributed by atoms with Gasteiger partial charge in [0, 0.05) is 0 Å². The molecule has 1 unspecified atom stereocenters. The van der Waals surface area contributed by atoms with Gasteiger partial charge in [-0.2, -0.15) is 0 Å². The summed E-state index contributed by atoms with van der Waals surface area (Å²) in [6, 6.07) is 4.42. The SMILES string of the molecule is CNC(CC(C)C)c1ccc(C)o1. The van der Waals surface area contributed by atoms with Crippen LogP contribution in [0.4, 0.5) is 0 Å². The van der Waals surface area contributed by atoms with Gasteiger partial charge in [-0.15, -0.1) is 0 Å². The lowest BCUT2D eigenvalue weighted by Crippen LogP contribution is -2.17. The van der Waals surface area contributed by atoms with Gasteiger partial charge in [-0.25, -0.2) is 0 Å². The molecule has 1 atom stereocenters. The summed E-state index contributed by atoms with van der Waals surface area (Å²) in [6.07, 6.45) is 1.11. The molecule has 0 fully saturated rings. The second kappa shape index (κ2) is 4.47. The fraction of sp³-hybridized carbons (Fsp3) is 0.636. The van der Waals surface area contributed by atoms with Crippen molar-refractivity contribution in [2.75, 3.05) is 7.05 Å². The van der Waals surface area contributed by atoms with E-state index in [-0.39, 0.29) is 0 Å². The lowest BCUT2D eigenvalue weighted by atomic mass is 10.0. The second-order valence-electron chi connectivity index (χ2n) is 3.92. The Hall–Kier alpha value is -0.760. The first-order chi connectivity index (χ1) is 6.13. The molecule has 1 rings (SSSR count). The molecule has 1 aromatic heterocycles. The van der Waals surface area contributed by atoms with Gasteiger partial charge in [-0.05, 0) is 38.4 Å². The first kappa shape index (κ1) is 10.3. The molecule has 74 valence electrons. The number of hydrogen-bond donors (Lipinski definition) is 1. The molecule has 1 heterocycles. The van der Waals surface area contributed by atoms with Gasteiger partial charge in [-0.1, -0.05) is 13.8 Å². The van der Waals surface area contributed by atoms with Gasteiger partial charge in [0.1, 0.15) is 11.5 Å². The third kappa shape index (κ3) is 2.88. The fourth-order valence-electron chi connectivity index (χ4n) is 1.49. The van der Waals surface area contributed by atoms with Crippen LogP contribution in [0.2, 0.25) is 0 Å². The number of aryl methyl sites for hydroxylation is 1. The zero-order valence-electron chi connectivity index (χ0n) is 8.92. The zero-order chi connectivity index (χ0) is 9.84. The second-order valence-corrected chi connectivity index (χ2v) is 3.92. The highest BCUT2D eigenvalue weighted by Crippen LogP contribution is 2.22. The summed E-state index contributed by atoms with van der Waals surface area (Å²) in [6.45, 7) is 6.42. The van der Waals surface area contributed by atoms with Crippen molar-refractivity contribution in [3.63, 3.8) is 0 Å². The Morgan fingerprint density at radius 1 is 1.38 bits per heavy atom. The van der Waals surface area contributed by atoms with Crippen LogP contribution in [-0.2, 0) is 0 Å². The van der Waals surface area contributed by atoms with Crippen molar-refractivity contribution in [1.29, 1.82) is 0 Å². The highest BCUT2D eigenvalue weighted by atomic mass is 16.3. The third-order valence-electron chi connectivity index (χ3n) is 2.16. The molecule has 0 aliphatic rings. The molecule has 0 aliphatic heterocycles. The summed E-state index contributed by atoms with van der Waals surface area (Å²) in [4.78, 5) is 0. The highest BCUT2D eigenvalue weighted by molar-refractivity contribution is 5.09. The van der Waals surface area contributed by atoms with E-state index in [0.29, 0.717) is 12.0 Å². The minimum absolute atomic E-state index is 0.355. The fourth-order valence-corrected chi connectivity index (χ4v) is 1.49. The molecule has 1 aromatic rings. The van der Waals surface area contributed by atoms with E-state index in [9.17, 15) is 0 Å². The Morgan fingerprint density at radius 3 is 2.46 bits per heavy atom. The largest absolute Gasteiger partial charge is 0.465 e. The highest BCUT2D eigenvalue weighted by Gasteiger charge is 2.13. The van der Waals surface area contributed by atoms with Crippen LogP contribution < -0.4 is 5.32 Å². The Kier molecular flexibility index (Phi) is 3.55. The van der Waals surface area contributed by atoms with E-state index in [1.165, 1.54) is 0 Å². The van der Waals surface area contributed by atoms with Gasteiger partial charge in [0.25, 0.3) is 0 Å². The van der Waals surface area contributed by atoms with Gasteiger partial charge < -0.3 is 9.73 Å². The molecule has 0 aromatic carbocycles. The molecule has 0 aliphatic carbocycles.